The van der Waals surface area contributed by atoms with Gasteiger partial charge in [-0.1, -0.05) is 13.8 Å². The number of ether oxygens (including phenoxy) is 1. The molecule has 1 N–H and O–H groups in total. The third-order valence-corrected chi connectivity index (χ3v) is 6.18. The van der Waals surface area contributed by atoms with Crippen LogP contribution in [0.3, 0.4) is 0 Å². The number of hydrogen-bond donors (Lipinski definition) is 1. The number of anilines is 1. The Bertz CT molecular complexity index is 794. The minimum Gasteiger partial charge on any atom is -0.496 e. The van der Waals surface area contributed by atoms with E-state index in [0.29, 0.717) is 6.04 Å². The van der Waals surface area contributed by atoms with Crippen LogP contribution in [0.5, 0.6) is 5.75 Å². The molecule has 2 aliphatic rings. The number of likely N-dealkylation sites (tertiary alicyclic amines) is 1. The molecule has 0 atom stereocenters. The highest BCUT2D eigenvalue weighted by Crippen LogP contribution is 2.38. The van der Waals surface area contributed by atoms with E-state index in [1.807, 2.05) is 0 Å². The summed E-state index contributed by atoms with van der Waals surface area (Å²) in [5.41, 5.74) is 6.45. The Hall–Kier alpha value is -1.81. The van der Waals surface area contributed by atoms with E-state index in [9.17, 15) is 0 Å². The van der Waals surface area contributed by atoms with Crippen LogP contribution in [0.1, 0.15) is 49.9 Å². The standard InChI is InChI=1S/C22H31N3O/c1-4-15-13-20-18(14-21(15)26-3)22(17-7-6-8-19(17)24-20)23-16-9-11-25(5-2)12-10-16/h13-14,16H,4-12H2,1-3H3,(H,23,24). The SMILES string of the molecule is CCc1cc2nc3c(c(NC4CCN(CC)CC4)c2cc1OC)CCC3. The second-order valence-electron chi connectivity index (χ2n) is 7.65. The highest BCUT2D eigenvalue weighted by atomic mass is 16.5. The van der Waals surface area contributed by atoms with Gasteiger partial charge in [0.05, 0.1) is 12.6 Å². The molecule has 0 bridgehead atoms. The average Bonchev–Trinajstić information content (AvgIpc) is 3.15. The van der Waals surface area contributed by atoms with E-state index in [1.165, 1.54) is 60.2 Å². The molecule has 4 heteroatoms. The van der Waals surface area contributed by atoms with Gasteiger partial charge in [0.25, 0.3) is 0 Å². The number of nitrogens with zero attached hydrogens (tertiary/aromatic N) is 2. The molecule has 140 valence electrons. The van der Waals surface area contributed by atoms with Crippen molar-refractivity contribution in [3.63, 3.8) is 0 Å². The quantitative estimate of drug-likeness (QED) is 0.874. The Labute approximate surface area is 156 Å². The van der Waals surface area contributed by atoms with Crippen molar-refractivity contribution in [1.82, 2.24) is 9.88 Å². The first-order valence-electron chi connectivity index (χ1n) is 10.2. The Balaban J connectivity index is 1.74. The molecule has 2 aromatic rings. The number of benzene rings is 1. The number of nitrogens with one attached hydrogen (secondary N) is 1. The maximum absolute atomic E-state index is 5.68. The third kappa shape index (κ3) is 3.16. The number of fused-ring (bicyclic) bond motifs is 2. The summed E-state index contributed by atoms with van der Waals surface area (Å²) in [4.78, 5) is 7.56. The fourth-order valence-corrected chi connectivity index (χ4v) is 4.56. The highest BCUT2D eigenvalue weighted by molar-refractivity contribution is 5.95. The molecule has 2 heterocycles. The zero-order valence-corrected chi connectivity index (χ0v) is 16.4. The monoisotopic (exact) mass is 353 g/mol. The number of aromatic nitrogens is 1. The lowest BCUT2D eigenvalue weighted by molar-refractivity contribution is 0.229. The van der Waals surface area contributed by atoms with Crippen LogP contribution in [-0.4, -0.2) is 42.7 Å². The number of rotatable bonds is 5. The van der Waals surface area contributed by atoms with Crippen LogP contribution in [0.15, 0.2) is 12.1 Å². The number of aryl methyl sites for hydroxylation is 2. The van der Waals surface area contributed by atoms with Gasteiger partial charge in [-0.15, -0.1) is 0 Å². The van der Waals surface area contributed by atoms with E-state index in [0.717, 1.165) is 37.1 Å². The van der Waals surface area contributed by atoms with Gasteiger partial charge in [0.15, 0.2) is 0 Å². The van der Waals surface area contributed by atoms with Gasteiger partial charge in [-0.25, -0.2) is 0 Å². The highest BCUT2D eigenvalue weighted by Gasteiger charge is 2.24. The van der Waals surface area contributed by atoms with E-state index in [4.69, 9.17) is 9.72 Å². The molecule has 4 rings (SSSR count). The van der Waals surface area contributed by atoms with Crippen molar-refractivity contribution in [2.75, 3.05) is 32.1 Å². The molecule has 0 amide bonds. The lowest BCUT2D eigenvalue weighted by atomic mass is 10.00. The van der Waals surface area contributed by atoms with Crippen LogP contribution in [-0.2, 0) is 19.3 Å². The molecular formula is C22H31N3O. The van der Waals surface area contributed by atoms with Crippen molar-refractivity contribution >= 4 is 16.6 Å². The first-order chi connectivity index (χ1) is 12.7. The smallest absolute Gasteiger partial charge is 0.122 e. The molecule has 1 aromatic carbocycles. The Kier molecular flexibility index (Phi) is 5.03. The molecule has 1 aliphatic heterocycles. The van der Waals surface area contributed by atoms with Crippen LogP contribution in [0.4, 0.5) is 5.69 Å². The predicted octanol–water partition coefficient (Wildman–Crippen LogP) is 4.19. The zero-order chi connectivity index (χ0) is 18.1. The van der Waals surface area contributed by atoms with Crippen molar-refractivity contribution in [2.24, 2.45) is 0 Å². The van der Waals surface area contributed by atoms with Crippen molar-refractivity contribution in [3.05, 3.63) is 29.0 Å². The van der Waals surface area contributed by atoms with E-state index >= 15 is 0 Å². The van der Waals surface area contributed by atoms with E-state index in [2.05, 4.69) is 36.2 Å². The second kappa shape index (κ2) is 7.43. The fraction of sp³-hybridized carbons (Fsp3) is 0.591. The minimum atomic E-state index is 0.560. The van der Waals surface area contributed by atoms with Crippen LogP contribution < -0.4 is 10.1 Å². The maximum atomic E-state index is 5.68. The lowest BCUT2D eigenvalue weighted by Gasteiger charge is -2.32. The lowest BCUT2D eigenvalue weighted by Crippen LogP contribution is -2.39. The first kappa shape index (κ1) is 17.6. The van der Waals surface area contributed by atoms with Gasteiger partial charge >= 0.3 is 0 Å². The average molecular weight is 354 g/mol. The molecule has 0 unspecified atom stereocenters. The van der Waals surface area contributed by atoms with Gasteiger partial charge in [0, 0.05) is 35.9 Å². The van der Waals surface area contributed by atoms with E-state index in [1.54, 1.807) is 7.11 Å². The van der Waals surface area contributed by atoms with Gasteiger partial charge in [-0.3, -0.25) is 4.98 Å². The summed E-state index contributed by atoms with van der Waals surface area (Å²) in [5.74, 6) is 0.989. The summed E-state index contributed by atoms with van der Waals surface area (Å²) >= 11 is 0. The second-order valence-corrected chi connectivity index (χ2v) is 7.65. The van der Waals surface area contributed by atoms with E-state index < -0.39 is 0 Å². The van der Waals surface area contributed by atoms with Crippen molar-refractivity contribution in [2.45, 2.75) is 58.4 Å². The Morgan fingerprint density at radius 3 is 2.69 bits per heavy atom. The summed E-state index contributed by atoms with van der Waals surface area (Å²) in [6.45, 7) is 8.00. The molecule has 4 nitrogen and oxygen atoms in total. The molecular weight excluding hydrogens is 322 g/mol. The normalized spacial score (nSPS) is 18.3. The van der Waals surface area contributed by atoms with Crippen LogP contribution in [0.25, 0.3) is 10.9 Å². The van der Waals surface area contributed by atoms with Crippen LogP contribution >= 0.6 is 0 Å². The van der Waals surface area contributed by atoms with Crippen molar-refractivity contribution in [1.29, 1.82) is 0 Å². The largest absolute Gasteiger partial charge is 0.496 e. The van der Waals surface area contributed by atoms with Crippen molar-refractivity contribution < 1.29 is 4.74 Å². The number of pyridine rings is 1. The molecule has 1 fully saturated rings. The summed E-state index contributed by atoms with van der Waals surface area (Å²) in [6.07, 6.45) is 6.89. The number of hydrogen-bond acceptors (Lipinski definition) is 4. The minimum absolute atomic E-state index is 0.560. The zero-order valence-electron chi connectivity index (χ0n) is 16.4. The Morgan fingerprint density at radius 2 is 2.00 bits per heavy atom. The number of methoxy groups -OCH3 is 1. The van der Waals surface area contributed by atoms with Crippen molar-refractivity contribution in [3.8, 4) is 5.75 Å². The molecule has 0 saturated carbocycles. The van der Waals surface area contributed by atoms with E-state index in [-0.39, 0.29) is 0 Å². The summed E-state index contributed by atoms with van der Waals surface area (Å²) in [7, 11) is 1.77. The molecule has 1 aromatic heterocycles. The molecule has 1 saturated heterocycles. The van der Waals surface area contributed by atoms with Gasteiger partial charge in [-0.2, -0.15) is 0 Å². The summed E-state index contributed by atoms with van der Waals surface area (Å²) in [6, 6.07) is 5.01. The predicted molar refractivity (Wildman–Crippen MR) is 108 cm³/mol. The van der Waals surface area contributed by atoms with Gasteiger partial charge in [0.1, 0.15) is 5.75 Å². The number of piperidine rings is 1. The van der Waals surface area contributed by atoms with Gasteiger partial charge in [-0.05, 0) is 68.3 Å². The fourth-order valence-electron chi connectivity index (χ4n) is 4.56. The summed E-state index contributed by atoms with van der Waals surface area (Å²) < 4.78 is 5.68. The topological polar surface area (TPSA) is 37.4 Å². The maximum Gasteiger partial charge on any atom is 0.122 e. The molecule has 0 radical (unpaired) electrons. The summed E-state index contributed by atoms with van der Waals surface area (Å²) in [5, 5.41) is 5.17. The van der Waals surface area contributed by atoms with Crippen LogP contribution in [0, 0.1) is 0 Å². The third-order valence-electron chi connectivity index (χ3n) is 6.18. The van der Waals surface area contributed by atoms with Crippen LogP contribution in [0.2, 0.25) is 0 Å². The first-order valence-corrected chi connectivity index (χ1v) is 10.2. The molecule has 0 spiro atoms. The van der Waals surface area contributed by atoms with Gasteiger partial charge < -0.3 is 15.0 Å². The van der Waals surface area contributed by atoms with Gasteiger partial charge in [0.2, 0.25) is 0 Å². The molecule has 1 aliphatic carbocycles. The molecule has 26 heavy (non-hydrogen) atoms. The Morgan fingerprint density at radius 1 is 1.19 bits per heavy atom.